The van der Waals surface area contributed by atoms with E-state index in [0.29, 0.717) is 6.42 Å². The molecule has 1 aliphatic carbocycles. The Labute approximate surface area is 187 Å². The van der Waals surface area contributed by atoms with Crippen LogP contribution in [-0.4, -0.2) is 76.2 Å². The molecule has 1 saturated carbocycles. The van der Waals surface area contributed by atoms with Gasteiger partial charge in [-0.3, -0.25) is 0 Å². The van der Waals surface area contributed by atoms with Gasteiger partial charge in [-0.15, -0.1) is 0 Å². The van der Waals surface area contributed by atoms with Gasteiger partial charge in [0, 0.05) is 31.1 Å². The van der Waals surface area contributed by atoms with Gasteiger partial charge in [0.15, 0.2) is 5.82 Å². The number of aliphatic hydroxyl groups is 1. The first-order valence-electron chi connectivity index (χ1n) is 10.4. The van der Waals surface area contributed by atoms with E-state index in [9.17, 15) is 31.1 Å². The Morgan fingerprint density at radius 1 is 1.24 bits per heavy atom. The lowest BCUT2D eigenvalue weighted by atomic mass is 10.0. The number of sulfonamides is 1. The number of nitrogens with zero attached hydrogens (tertiary/aromatic N) is 4. The number of fused-ring (bicyclic) bond motifs is 1. The summed E-state index contributed by atoms with van der Waals surface area (Å²) in [6, 6.07) is -0.722. The number of halogens is 4. The van der Waals surface area contributed by atoms with Crippen molar-refractivity contribution in [2.24, 2.45) is 0 Å². The van der Waals surface area contributed by atoms with Crippen molar-refractivity contribution in [2.75, 3.05) is 30.0 Å². The van der Waals surface area contributed by atoms with E-state index in [1.54, 1.807) is 0 Å². The first kappa shape index (κ1) is 23.8. The molecule has 1 unspecified atom stereocenters. The fraction of sp³-hybridized carbons (Fsp3) is 0.632. The molecule has 33 heavy (non-hydrogen) atoms. The predicted molar refractivity (Wildman–Crippen MR) is 113 cm³/mol. The molecular weight excluding hydrogens is 468 g/mol. The van der Waals surface area contributed by atoms with Crippen molar-refractivity contribution < 1.29 is 31.1 Å². The minimum absolute atomic E-state index is 0.0344. The van der Waals surface area contributed by atoms with Crippen LogP contribution in [0.25, 0.3) is 10.9 Å². The van der Waals surface area contributed by atoms with Crippen molar-refractivity contribution in [1.29, 1.82) is 0 Å². The average Bonchev–Trinajstić information content (AvgIpc) is 3.06. The molecule has 0 amide bonds. The van der Waals surface area contributed by atoms with Crippen LogP contribution in [0, 0.1) is 0 Å². The van der Waals surface area contributed by atoms with Crippen molar-refractivity contribution in [3.8, 4) is 0 Å². The first-order valence-corrected chi connectivity index (χ1v) is 12.3. The van der Waals surface area contributed by atoms with Crippen LogP contribution in [0.5, 0.6) is 0 Å². The second kappa shape index (κ2) is 8.80. The van der Waals surface area contributed by atoms with E-state index >= 15 is 0 Å². The van der Waals surface area contributed by atoms with Crippen molar-refractivity contribution in [3.05, 3.63) is 18.0 Å². The third kappa shape index (κ3) is 5.11. The minimum Gasteiger partial charge on any atom is -0.390 e. The third-order valence-electron chi connectivity index (χ3n) is 5.96. The first-order chi connectivity index (χ1) is 15.4. The SMILES string of the molecule is CS(=O)(=O)N1CC[C@@H](Nc2ncc3cc(C(F)F)nc(NC4CCCC4(F)F)c3n2)[C@@H](O)C1. The number of rotatable bonds is 6. The van der Waals surface area contributed by atoms with Crippen LogP contribution < -0.4 is 10.6 Å². The second-order valence-corrected chi connectivity index (χ2v) is 10.4. The summed E-state index contributed by atoms with van der Waals surface area (Å²) in [5, 5.41) is 16.1. The van der Waals surface area contributed by atoms with Gasteiger partial charge >= 0.3 is 0 Å². The van der Waals surface area contributed by atoms with Gasteiger partial charge in [-0.05, 0) is 25.3 Å². The molecule has 3 atom stereocenters. The van der Waals surface area contributed by atoms with E-state index in [1.165, 1.54) is 6.20 Å². The Balaban J connectivity index is 1.61. The van der Waals surface area contributed by atoms with Crippen molar-refractivity contribution in [2.45, 2.75) is 56.2 Å². The molecule has 3 N–H and O–H groups in total. The molecule has 182 valence electrons. The second-order valence-electron chi connectivity index (χ2n) is 8.41. The van der Waals surface area contributed by atoms with E-state index in [4.69, 9.17) is 0 Å². The minimum atomic E-state index is -3.45. The highest BCUT2D eigenvalue weighted by Crippen LogP contribution is 2.38. The summed E-state index contributed by atoms with van der Waals surface area (Å²) in [4.78, 5) is 12.2. The quantitative estimate of drug-likeness (QED) is 0.526. The molecule has 2 fully saturated rings. The van der Waals surface area contributed by atoms with Gasteiger partial charge in [0.2, 0.25) is 16.0 Å². The van der Waals surface area contributed by atoms with E-state index in [-0.39, 0.29) is 55.0 Å². The summed E-state index contributed by atoms with van der Waals surface area (Å²) in [5.74, 6) is -3.15. The maximum atomic E-state index is 14.1. The van der Waals surface area contributed by atoms with Crippen molar-refractivity contribution >= 4 is 32.7 Å². The van der Waals surface area contributed by atoms with E-state index < -0.39 is 46.3 Å². The highest BCUT2D eigenvalue weighted by Gasteiger charge is 2.44. The Bertz CT molecular complexity index is 1140. The van der Waals surface area contributed by atoms with Crippen LogP contribution in [0.4, 0.5) is 29.3 Å². The molecule has 1 saturated heterocycles. The highest BCUT2D eigenvalue weighted by atomic mass is 32.2. The molecule has 4 rings (SSSR count). The molecule has 2 aliphatic rings. The van der Waals surface area contributed by atoms with E-state index in [0.717, 1.165) is 16.6 Å². The number of pyridine rings is 1. The summed E-state index contributed by atoms with van der Waals surface area (Å²) < 4.78 is 79.5. The number of β-amino-alcohol motifs (C(OH)–C–C–N with tert-alkyl or cyclic N) is 1. The largest absolute Gasteiger partial charge is 0.390 e. The predicted octanol–water partition coefficient (Wildman–Crippen LogP) is 2.37. The monoisotopic (exact) mass is 492 g/mol. The Kier molecular flexibility index (Phi) is 6.35. The fourth-order valence-corrected chi connectivity index (χ4v) is 5.01. The zero-order valence-electron chi connectivity index (χ0n) is 17.7. The van der Waals surface area contributed by atoms with Gasteiger partial charge in [-0.1, -0.05) is 0 Å². The van der Waals surface area contributed by atoms with Crippen molar-refractivity contribution in [3.63, 3.8) is 0 Å². The van der Waals surface area contributed by atoms with Gasteiger partial charge in [-0.2, -0.15) is 4.31 Å². The fourth-order valence-electron chi connectivity index (χ4n) is 4.15. The molecule has 14 heteroatoms. The van der Waals surface area contributed by atoms with Crippen molar-refractivity contribution in [1.82, 2.24) is 19.3 Å². The average molecular weight is 492 g/mol. The van der Waals surface area contributed by atoms with Gasteiger partial charge < -0.3 is 15.7 Å². The highest BCUT2D eigenvalue weighted by molar-refractivity contribution is 7.88. The van der Waals surface area contributed by atoms with Crippen LogP contribution >= 0.6 is 0 Å². The lowest BCUT2D eigenvalue weighted by molar-refractivity contribution is -0.000664. The number of alkyl halides is 4. The van der Waals surface area contributed by atoms with Crippen LogP contribution in [0.15, 0.2) is 12.3 Å². The van der Waals surface area contributed by atoms with Crippen LogP contribution in [0.3, 0.4) is 0 Å². The maximum absolute atomic E-state index is 14.1. The Morgan fingerprint density at radius 2 is 2.00 bits per heavy atom. The van der Waals surface area contributed by atoms with Gasteiger partial charge in [0.25, 0.3) is 12.3 Å². The Hall–Kier alpha value is -2.32. The zero-order valence-corrected chi connectivity index (χ0v) is 18.5. The molecule has 0 bridgehead atoms. The molecule has 9 nitrogen and oxygen atoms in total. The molecule has 2 aromatic heterocycles. The summed E-state index contributed by atoms with van der Waals surface area (Å²) in [6.45, 7) is 0.0803. The number of piperidine rings is 1. The molecule has 2 aromatic rings. The van der Waals surface area contributed by atoms with Gasteiger partial charge in [0.1, 0.15) is 11.2 Å². The number of anilines is 2. The lowest BCUT2D eigenvalue weighted by Gasteiger charge is -2.34. The maximum Gasteiger partial charge on any atom is 0.280 e. The smallest absolute Gasteiger partial charge is 0.280 e. The lowest BCUT2D eigenvalue weighted by Crippen LogP contribution is -2.51. The van der Waals surface area contributed by atoms with Crippen LogP contribution in [0.2, 0.25) is 0 Å². The number of hydrogen-bond acceptors (Lipinski definition) is 8. The normalized spacial score (nSPS) is 26.1. The molecule has 0 radical (unpaired) electrons. The summed E-state index contributed by atoms with van der Waals surface area (Å²) in [5.41, 5.74) is -0.498. The van der Waals surface area contributed by atoms with E-state index in [1.807, 2.05) is 0 Å². The number of aliphatic hydroxyl groups excluding tert-OH is 1. The van der Waals surface area contributed by atoms with Crippen LogP contribution in [0.1, 0.15) is 37.8 Å². The Morgan fingerprint density at radius 3 is 2.61 bits per heavy atom. The summed E-state index contributed by atoms with van der Waals surface area (Å²) in [7, 11) is -3.45. The standard InChI is InChI=1S/C19H24F4N6O3S/c1-33(31,32)29-6-4-11(13(30)9-29)26-18-24-8-10-7-12(16(20)21)25-17(15(10)28-18)27-14-3-2-5-19(14,22)23/h7-8,11,13-14,16,30H,2-6,9H2,1H3,(H,25,27)(H,24,26,28)/t11-,13+,14?/m1/s1. The van der Waals surface area contributed by atoms with Crippen LogP contribution in [-0.2, 0) is 10.0 Å². The number of nitrogens with one attached hydrogen (secondary N) is 2. The molecule has 3 heterocycles. The summed E-state index contributed by atoms with van der Waals surface area (Å²) >= 11 is 0. The topological polar surface area (TPSA) is 120 Å². The molecule has 0 aromatic carbocycles. The molecular formula is C19H24F4N6O3S. The zero-order chi connectivity index (χ0) is 24.0. The number of aromatic nitrogens is 3. The molecule has 0 spiro atoms. The van der Waals surface area contributed by atoms with Gasteiger partial charge in [-0.25, -0.2) is 40.9 Å². The van der Waals surface area contributed by atoms with E-state index in [2.05, 4.69) is 25.6 Å². The number of hydrogen-bond donors (Lipinski definition) is 3. The molecule has 1 aliphatic heterocycles. The van der Waals surface area contributed by atoms with Gasteiger partial charge in [0.05, 0.1) is 24.4 Å². The third-order valence-corrected chi connectivity index (χ3v) is 7.23. The summed E-state index contributed by atoms with van der Waals surface area (Å²) in [6.07, 6.45) is -1.19.